The van der Waals surface area contributed by atoms with Gasteiger partial charge in [0.15, 0.2) is 5.96 Å². The summed E-state index contributed by atoms with van der Waals surface area (Å²) in [4.78, 5) is 9.14. The number of aromatic nitrogens is 1. The Balaban J connectivity index is 0.00000338. The van der Waals surface area contributed by atoms with Gasteiger partial charge in [0, 0.05) is 37.1 Å². The lowest BCUT2D eigenvalue weighted by Gasteiger charge is -2.12. The molecule has 144 valence electrons. The molecule has 0 amide bonds. The molecule has 0 saturated carbocycles. The summed E-state index contributed by atoms with van der Waals surface area (Å²) in [6.07, 6.45) is 2.89. The zero-order valence-corrected chi connectivity index (χ0v) is 18.9. The third-order valence-corrected chi connectivity index (χ3v) is 4.74. The lowest BCUT2D eigenvalue weighted by Crippen LogP contribution is -2.38. The Bertz CT molecular complexity index is 675. The SMILES string of the molecule is CCNC(=NCCCc1nc(C)cs1)NCCc1ccccc1OC.I. The Morgan fingerprint density at radius 3 is 2.73 bits per heavy atom. The molecule has 1 aromatic heterocycles. The van der Waals surface area contributed by atoms with Crippen molar-refractivity contribution in [2.75, 3.05) is 26.7 Å². The molecule has 2 aromatic rings. The van der Waals surface area contributed by atoms with Gasteiger partial charge in [0.2, 0.25) is 0 Å². The molecule has 0 aliphatic carbocycles. The van der Waals surface area contributed by atoms with Crippen LogP contribution in [0.15, 0.2) is 34.6 Å². The molecule has 0 bridgehead atoms. The number of ether oxygens (including phenoxy) is 1. The van der Waals surface area contributed by atoms with E-state index < -0.39 is 0 Å². The minimum absolute atomic E-state index is 0. The van der Waals surface area contributed by atoms with Crippen molar-refractivity contribution < 1.29 is 4.74 Å². The van der Waals surface area contributed by atoms with E-state index in [1.807, 2.05) is 25.1 Å². The van der Waals surface area contributed by atoms with E-state index in [1.54, 1.807) is 18.4 Å². The lowest BCUT2D eigenvalue weighted by molar-refractivity contribution is 0.409. The molecule has 1 heterocycles. The molecular formula is C19H29IN4OS. The van der Waals surface area contributed by atoms with Crippen LogP contribution in [-0.2, 0) is 12.8 Å². The summed E-state index contributed by atoms with van der Waals surface area (Å²) in [7, 11) is 1.71. The van der Waals surface area contributed by atoms with E-state index in [4.69, 9.17) is 4.74 Å². The van der Waals surface area contributed by atoms with E-state index in [2.05, 4.69) is 39.0 Å². The number of methoxy groups -OCH3 is 1. The number of nitrogens with zero attached hydrogens (tertiary/aromatic N) is 2. The van der Waals surface area contributed by atoms with Crippen molar-refractivity contribution in [1.82, 2.24) is 15.6 Å². The summed E-state index contributed by atoms with van der Waals surface area (Å²) >= 11 is 1.73. The number of guanidine groups is 1. The molecular weight excluding hydrogens is 459 g/mol. The summed E-state index contributed by atoms with van der Waals surface area (Å²) in [6.45, 7) is 6.58. The maximum absolute atomic E-state index is 5.39. The highest BCUT2D eigenvalue weighted by molar-refractivity contribution is 14.0. The van der Waals surface area contributed by atoms with Gasteiger partial charge >= 0.3 is 0 Å². The molecule has 5 nitrogen and oxygen atoms in total. The van der Waals surface area contributed by atoms with Crippen molar-refractivity contribution in [1.29, 1.82) is 0 Å². The summed E-state index contributed by atoms with van der Waals surface area (Å²) < 4.78 is 5.39. The summed E-state index contributed by atoms with van der Waals surface area (Å²) in [5, 5.41) is 9.98. The predicted molar refractivity (Wildman–Crippen MR) is 121 cm³/mol. The summed E-state index contributed by atoms with van der Waals surface area (Å²) in [5.74, 6) is 1.80. The van der Waals surface area contributed by atoms with E-state index in [1.165, 1.54) is 10.6 Å². The maximum atomic E-state index is 5.39. The number of thiazole rings is 1. The average Bonchev–Trinajstić information content (AvgIpc) is 3.04. The number of aliphatic imine (C=N–C) groups is 1. The fourth-order valence-electron chi connectivity index (χ4n) is 2.51. The molecule has 0 spiro atoms. The van der Waals surface area contributed by atoms with Crippen molar-refractivity contribution in [3.63, 3.8) is 0 Å². The van der Waals surface area contributed by atoms with Crippen LogP contribution in [0.3, 0.4) is 0 Å². The maximum Gasteiger partial charge on any atom is 0.191 e. The zero-order chi connectivity index (χ0) is 17.9. The molecule has 7 heteroatoms. The summed E-state index contributed by atoms with van der Waals surface area (Å²) in [6, 6.07) is 8.12. The molecule has 0 atom stereocenters. The number of benzene rings is 1. The second-order valence-electron chi connectivity index (χ2n) is 5.74. The number of hydrogen-bond acceptors (Lipinski definition) is 4. The van der Waals surface area contributed by atoms with E-state index in [0.29, 0.717) is 0 Å². The fourth-order valence-corrected chi connectivity index (χ4v) is 3.32. The highest BCUT2D eigenvalue weighted by atomic mass is 127. The number of nitrogens with one attached hydrogen (secondary N) is 2. The Labute approximate surface area is 177 Å². The smallest absolute Gasteiger partial charge is 0.191 e. The first-order chi connectivity index (χ1) is 12.2. The largest absolute Gasteiger partial charge is 0.496 e. The molecule has 0 radical (unpaired) electrons. The molecule has 0 aliphatic rings. The van der Waals surface area contributed by atoms with Crippen LogP contribution in [0, 0.1) is 6.92 Å². The zero-order valence-electron chi connectivity index (χ0n) is 15.7. The second kappa shape index (κ2) is 12.9. The Hall–Kier alpha value is -1.35. The number of hydrogen-bond donors (Lipinski definition) is 2. The van der Waals surface area contributed by atoms with Crippen molar-refractivity contribution in [2.24, 2.45) is 4.99 Å². The van der Waals surface area contributed by atoms with Gasteiger partial charge in [-0.1, -0.05) is 18.2 Å². The molecule has 0 fully saturated rings. The van der Waals surface area contributed by atoms with Gasteiger partial charge in [0.05, 0.1) is 12.1 Å². The molecule has 1 aromatic carbocycles. The van der Waals surface area contributed by atoms with Crippen molar-refractivity contribution >= 4 is 41.3 Å². The Morgan fingerprint density at radius 2 is 2.04 bits per heavy atom. The Kier molecular flexibility index (Phi) is 11.3. The van der Waals surface area contributed by atoms with Gasteiger partial charge in [-0.3, -0.25) is 4.99 Å². The van der Waals surface area contributed by atoms with Crippen LogP contribution >= 0.6 is 35.3 Å². The van der Waals surface area contributed by atoms with Crippen LogP contribution in [0.25, 0.3) is 0 Å². The first-order valence-electron chi connectivity index (χ1n) is 8.78. The topological polar surface area (TPSA) is 58.5 Å². The quantitative estimate of drug-likeness (QED) is 0.244. The van der Waals surface area contributed by atoms with E-state index >= 15 is 0 Å². The van der Waals surface area contributed by atoms with Crippen molar-refractivity contribution in [3.8, 4) is 5.75 Å². The van der Waals surface area contributed by atoms with Gasteiger partial charge in [0.1, 0.15) is 5.75 Å². The van der Waals surface area contributed by atoms with Gasteiger partial charge in [-0.15, -0.1) is 35.3 Å². The monoisotopic (exact) mass is 488 g/mol. The van der Waals surface area contributed by atoms with Crippen molar-refractivity contribution in [2.45, 2.75) is 33.1 Å². The molecule has 0 saturated heterocycles. The first-order valence-corrected chi connectivity index (χ1v) is 9.66. The van der Waals surface area contributed by atoms with E-state index in [9.17, 15) is 0 Å². The predicted octanol–water partition coefficient (Wildman–Crippen LogP) is 3.81. The number of halogens is 1. The molecule has 2 N–H and O–H groups in total. The van der Waals surface area contributed by atoms with Crippen LogP contribution in [0.4, 0.5) is 0 Å². The van der Waals surface area contributed by atoms with Gasteiger partial charge in [-0.25, -0.2) is 4.98 Å². The minimum Gasteiger partial charge on any atom is -0.496 e. The van der Waals surface area contributed by atoms with E-state index in [-0.39, 0.29) is 24.0 Å². The number of rotatable bonds is 9. The molecule has 0 unspecified atom stereocenters. The molecule has 0 aliphatic heterocycles. The highest BCUT2D eigenvalue weighted by Gasteiger charge is 2.03. The average molecular weight is 488 g/mol. The van der Waals surface area contributed by atoms with Gasteiger partial charge < -0.3 is 15.4 Å². The number of aryl methyl sites for hydroxylation is 2. The van der Waals surface area contributed by atoms with Crippen LogP contribution in [0.5, 0.6) is 5.75 Å². The molecule has 26 heavy (non-hydrogen) atoms. The highest BCUT2D eigenvalue weighted by Crippen LogP contribution is 2.17. The van der Waals surface area contributed by atoms with Crippen molar-refractivity contribution in [3.05, 3.63) is 45.9 Å². The van der Waals surface area contributed by atoms with Gasteiger partial charge in [0.25, 0.3) is 0 Å². The normalized spacial score (nSPS) is 11.0. The third kappa shape index (κ3) is 7.90. The van der Waals surface area contributed by atoms with Crippen LogP contribution in [-0.4, -0.2) is 37.7 Å². The minimum atomic E-state index is 0. The number of para-hydroxylation sites is 1. The van der Waals surface area contributed by atoms with Crippen LogP contribution in [0.2, 0.25) is 0 Å². The van der Waals surface area contributed by atoms with E-state index in [0.717, 1.165) is 56.3 Å². The Morgan fingerprint density at radius 1 is 1.23 bits per heavy atom. The van der Waals surface area contributed by atoms with Crippen LogP contribution in [0.1, 0.15) is 29.6 Å². The lowest BCUT2D eigenvalue weighted by atomic mass is 10.1. The fraction of sp³-hybridized carbons (Fsp3) is 0.474. The summed E-state index contributed by atoms with van der Waals surface area (Å²) in [5.41, 5.74) is 2.31. The first kappa shape index (κ1) is 22.7. The second-order valence-corrected chi connectivity index (χ2v) is 6.68. The van der Waals surface area contributed by atoms with Crippen LogP contribution < -0.4 is 15.4 Å². The third-order valence-electron chi connectivity index (χ3n) is 3.71. The standard InChI is InChI=1S/C19H28N4OS.HI/c1-4-20-19(21-12-7-10-18-23-15(2)14-25-18)22-13-11-16-8-5-6-9-17(16)24-3;/h5-6,8-9,14H,4,7,10-13H2,1-3H3,(H2,20,21,22);1H. The molecule has 2 rings (SSSR count). The van der Waals surface area contributed by atoms with Gasteiger partial charge in [-0.2, -0.15) is 0 Å². The van der Waals surface area contributed by atoms with Gasteiger partial charge in [-0.05, 0) is 38.3 Å².